The predicted octanol–water partition coefficient (Wildman–Crippen LogP) is 8.80. The van der Waals surface area contributed by atoms with Gasteiger partial charge in [-0.1, -0.05) is 160 Å². The molecule has 0 radical (unpaired) electrons. The van der Waals surface area contributed by atoms with E-state index < -0.39 is 14.8 Å². The van der Waals surface area contributed by atoms with Gasteiger partial charge in [-0.15, -0.1) is 0 Å². The van der Waals surface area contributed by atoms with Crippen LogP contribution in [0, 0.1) is 0 Å². The number of likely N-dealkylation sites (tertiary alicyclic amines) is 1. The lowest BCUT2D eigenvalue weighted by molar-refractivity contribution is -0.172. The summed E-state index contributed by atoms with van der Waals surface area (Å²) in [4.78, 5) is 7.91. The largest absolute Gasteiger partial charge is 0.438 e. The van der Waals surface area contributed by atoms with E-state index in [4.69, 9.17) is 13.8 Å². The molecule has 2 atom stereocenters. The Hall–Kier alpha value is -4.55. The van der Waals surface area contributed by atoms with E-state index >= 15 is 0 Å². The minimum Gasteiger partial charge on any atom is -0.438 e. The van der Waals surface area contributed by atoms with Gasteiger partial charge in [0.25, 0.3) is 0 Å². The normalized spacial score (nSPS) is 19.4. The maximum absolute atomic E-state index is 7.90. The number of aromatic nitrogens is 1. The van der Waals surface area contributed by atoms with Gasteiger partial charge in [-0.2, -0.15) is 0 Å². The lowest BCUT2D eigenvalue weighted by atomic mass is 9.74. The van der Waals surface area contributed by atoms with Crippen molar-refractivity contribution in [3.8, 4) is 22.6 Å². The van der Waals surface area contributed by atoms with Gasteiger partial charge in [0, 0.05) is 23.2 Å². The van der Waals surface area contributed by atoms with Crippen LogP contribution in [0.5, 0.6) is 0 Å². The van der Waals surface area contributed by atoms with Gasteiger partial charge >= 0.3 is 0 Å². The molecule has 8 rings (SSSR count). The molecule has 0 saturated carbocycles. The van der Waals surface area contributed by atoms with E-state index in [1.807, 2.05) is 12.1 Å². The fraction of sp³-hybridized carbons (Fsp3) is 0.250. The summed E-state index contributed by atoms with van der Waals surface area (Å²) in [5.41, 5.74) is 6.58. The van der Waals surface area contributed by atoms with Crippen molar-refractivity contribution in [3.63, 3.8) is 0 Å². The maximum atomic E-state index is 7.90. The van der Waals surface area contributed by atoms with E-state index in [9.17, 15) is 0 Å². The number of nitrogens with zero attached hydrogens (tertiary/aromatic N) is 2. The summed E-state index contributed by atoms with van der Waals surface area (Å²) in [5, 5.41) is 2.58. The van der Waals surface area contributed by atoms with E-state index in [1.165, 1.54) is 27.1 Å². The molecule has 2 heterocycles. The van der Waals surface area contributed by atoms with E-state index in [0.29, 0.717) is 0 Å². The van der Waals surface area contributed by atoms with Crippen molar-refractivity contribution in [3.05, 3.63) is 162 Å². The first kappa shape index (κ1) is 31.7. The summed E-state index contributed by atoms with van der Waals surface area (Å²) in [5.74, 6) is 1.59. The van der Waals surface area contributed by atoms with Crippen LogP contribution in [0.4, 0.5) is 0 Å². The smallest absolute Gasteiger partial charge is 0.242 e. The molecule has 1 fully saturated rings. The number of oxazole rings is 1. The molecule has 1 saturated heterocycles. The van der Waals surface area contributed by atoms with Gasteiger partial charge in [0.15, 0.2) is 5.76 Å². The minimum atomic E-state index is -2.16. The summed E-state index contributed by atoms with van der Waals surface area (Å²) >= 11 is 0. The Morgan fingerprint density at radius 3 is 1.90 bits per heavy atom. The molecular weight excluding hydrogens is 617 g/mol. The Morgan fingerprint density at radius 1 is 0.735 bits per heavy atom. The van der Waals surface area contributed by atoms with Gasteiger partial charge in [0.1, 0.15) is 11.4 Å². The van der Waals surface area contributed by atoms with Crippen molar-refractivity contribution in [2.45, 2.75) is 63.6 Å². The number of hydrogen-bond donors (Lipinski definition) is 0. The molecule has 5 aromatic carbocycles. The third-order valence-corrected chi connectivity index (χ3v) is 13.0. The fourth-order valence-electron chi connectivity index (χ4n) is 7.96. The second-order valence-electron chi connectivity index (χ2n) is 14.5. The van der Waals surface area contributed by atoms with Crippen molar-refractivity contribution in [1.29, 1.82) is 0 Å². The molecule has 5 heteroatoms. The minimum absolute atomic E-state index is 0.00892. The van der Waals surface area contributed by atoms with Crippen LogP contribution in [0.1, 0.15) is 68.7 Å². The molecule has 1 aliphatic heterocycles. The van der Waals surface area contributed by atoms with Crippen LogP contribution in [0.3, 0.4) is 0 Å². The molecule has 6 aromatic rings. The summed E-state index contributed by atoms with van der Waals surface area (Å²) in [6.45, 7) is 7.92. The molecule has 246 valence electrons. The van der Waals surface area contributed by atoms with Gasteiger partial charge in [-0.05, 0) is 52.6 Å². The Morgan fingerprint density at radius 2 is 1.33 bits per heavy atom. The molecule has 0 N–H and O–H groups in total. The zero-order valence-electron chi connectivity index (χ0n) is 28.7. The lowest BCUT2D eigenvalue weighted by Crippen LogP contribution is -2.62. The highest BCUT2D eigenvalue weighted by molar-refractivity contribution is 6.80. The first-order valence-electron chi connectivity index (χ1n) is 17.7. The van der Waals surface area contributed by atoms with Crippen LogP contribution in [-0.2, 0) is 22.0 Å². The number of hydrogen-bond acceptors (Lipinski definition) is 4. The lowest BCUT2D eigenvalue weighted by Gasteiger charge is -2.56. The number of rotatable bonds is 8. The Kier molecular flexibility index (Phi) is 8.44. The molecule has 1 aromatic heterocycles. The molecule has 0 bridgehead atoms. The van der Waals surface area contributed by atoms with Crippen LogP contribution < -0.4 is 10.4 Å². The third-order valence-electron chi connectivity index (χ3n) is 10.4. The fourth-order valence-corrected chi connectivity index (χ4v) is 10.5. The molecule has 0 amide bonds. The van der Waals surface area contributed by atoms with E-state index in [1.54, 1.807) is 0 Å². The third kappa shape index (κ3) is 5.90. The van der Waals surface area contributed by atoms with Gasteiger partial charge in [0.2, 0.25) is 14.9 Å². The van der Waals surface area contributed by atoms with Crippen molar-refractivity contribution in [2.75, 3.05) is 6.54 Å². The van der Waals surface area contributed by atoms with Crippen LogP contribution in [0.2, 0.25) is 0 Å². The molecule has 0 spiro atoms. The summed E-state index contributed by atoms with van der Waals surface area (Å²) in [6.07, 6.45) is 4.01. The number of benzene rings is 5. The molecule has 4 nitrogen and oxygen atoms in total. The molecule has 49 heavy (non-hydrogen) atoms. The maximum Gasteiger partial charge on any atom is 0.242 e. The topological polar surface area (TPSA) is 38.5 Å². The Bertz CT molecular complexity index is 1930. The molecular formula is C44H44N2O2Si. The second-order valence-corrected chi connectivity index (χ2v) is 16.8. The van der Waals surface area contributed by atoms with Crippen molar-refractivity contribution < 1.29 is 8.84 Å². The average molecular weight is 661 g/mol. The number of fused-ring (bicyclic) bond motifs is 1. The molecule has 2 aliphatic rings. The second kappa shape index (κ2) is 13.1. The average Bonchev–Trinajstić information content (AvgIpc) is 3.56. The van der Waals surface area contributed by atoms with Gasteiger partial charge in [0.05, 0.1) is 6.04 Å². The van der Waals surface area contributed by atoms with E-state index in [2.05, 4.69) is 153 Å². The zero-order chi connectivity index (χ0) is 33.4. The van der Waals surface area contributed by atoms with Crippen molar-refractivity contribution >= 4 is 19.4 Å². The highest BCUT2D eigenvalue weighted by Crippen LogP contribution is 2.52. The Balaban J connectivity index is 1.29. The van der Waals surface area contributed by atoms with Gasteiger partial charge in [-0.3, -0.25) is 4.90 Å². The molecule has 1 aliphatic carbocycles. The summed E-state index contributed by atoms with van der Waals surface area (Å²) < 4.78 is 14.8. The first-order chi connectivity index (χ1) is 23.9. The highest BCUT2D eigenvalue weighted by atomic mass is 28.3. The van der Waals surface area contributed by atoms with Crippen LogP contribution in [-0.4, -0.2) is 25.5 Å². The predicted molar refractivity (Wildman–Crippen MR) is 202 cm³/mol. The van der Waals surface area contributed by atoms with Gasteiger partial charge in [-0.25, -0.2) is 4.98 Å². The van der Waals surface area contributed by atoms with Crippen LogP contribution >= 0.6 is 0 Å². The SMILES string of the molecule is CC(C)(C)c1cccc2c1CCCC2(O[SiH](c1ccccc1)c1ccccc1)N1CCC1c1nc(-c2ccccc2)c(-c2ccccc2)o1. The van der Waals surface area contributed by atoms with Crippen molar-refractivity contribution in [1.82, 2.24) is 9.88 Å². The highest BCUT2D eigenvalue weighted by Gasteiger charge is 2.53. The monoisotopic (exact) mass is 660 g/mol. The van der Waals surface area contributed by atoms with Crippen molar-refractivity contribution in [2.24, 2.45) is 0 Å². The molecule has 2 unspecified atom stereocenters. The van der Waals surface area contributed by atoms with Gasteiger partial charge < -0.3 is 8.84 Å². The van der Waals surface area contributed by atoms with E-state index in [-0.39, 0.29) is 11.5 Å². The van der Waals surface area contributed by atoms with Crippen LogP contribution in [0.15, 0.2) is 144 Å². The summed E-state index contributed by atoms with van der Waals surface area (Å²) in [6, 6.07) is 49.6. The summed E-state index contributed by atoms with van der Waals surface area (Å²) in [7, 11) is -2.16. The van der Waals surface area contributed by atoms with E-state index in [0.717, 1.165) is 60.7 Å². The zero-order valence-corrected chi connectivity index (χ0v) is 29.8. The Labute approximate surface area is 292 Å². The quantitative estimate of drug-likeness (QED) is 0.153. The van der Waals surface area contributed by atoms with Crippen LogP contribution in [0.25, 0.3) is 22.6 Å². The standard InChI is InChI=1S/C44H44N2O2Si/c1-43(2,3)37-27-16-28-38-36(37)26-17-30-44(38,48-49(34-22-12-6-13-23-34)35-24-14-7-15-25-35)46-31-29-39(46)42-45-40(32-18-8-4-9-19-32)41(47-42)33-20-10-5-11-21-33/h4-16,18-25,27-28,39,49H,17,26,29-31H2,1-3H3. The first-order valence-corrected chi connectivity index (χ1v) is 19.3.